The van der Waals surface area contributed by atoms with E-state index in [9.17, 15) is 4.39 Å². The molecule has 3 heteroatoms. The van der Waals surface area contributed by atoms with Crippen molar-refractivity contribution in [2.24, 2.45) is 0 Å². The third-order valence-electron chi connectivity index (χ3n) is 3.81. The Bertz CT molecular complexity index is 925. The minimum Gasteiger partial charge on any atom is -0.315 e. The highest BCUT2D eigenvalue weighted by Gasteiger charge is 2.08. The van der Waals surface area contributed by atoms with Gasteiger partial charge in [-0.15, -0.1) is 0 Å². The van der Waals surface area contributed by atoms with Crippen LogP contribution in [0.1, 0.15) is 0 Å². The first-order chi connectivity index (χ1) is 10.8. The zero-order valence-electron chi connectivity index (χ0n) is 11.8. The van der Waals surface area contributed by atoms with Crippen molar-refractivity contribution in [3.63, 3.8) is 0 Å². The number of rotatable bonds is 2. The Morgan fingerprint density at radius 2 is 1.73 bits per heavy atom. The van der Waals surface area contributed by atoms with E-state index < -0.39 is 0 Å². The van der Waals surface area contributed by atoms with E-state index in [2.05, 4.69) is 27.8 Å². The van der Waals surface area contributed by atoms with Crippen molar-refractivity contribution in [1.82, 2.24) is 9.55 Å². The molecule has 4 rings (SSSR count). The molecule has 2 aromatic carbocycles. The van der Waals surface area contributed by atoms with Crippen LogP contribution < -0.4 is 0 Å². The lowest BCUT2D eigenvalue weighted by atomic mass is 10.0. The van der Waals surface area contributed by atoms with Crippen molar-refractivity contribution in [2.45, 2.75) is 0 Å². The SMILES string of the molecule is Fc1ccc(-c2cccc3c2ccn3-c2cccnc2)cc1. The standard InChI is InChI=1S/C19H13FN2/c20-15-8-6-14(7-9-15)17-4-1-5-19-18(17)10-12-22(19)16-3-2-11-21-13-16/h1-13H. The summed E-state index contributed by atoms with van der Waals surface area (Å²) in [6.45, 7) is 0. The van der Waals surface area contributed by atoms with E-state index in [1.165, 1.54) is 12.1 Å². The number of hydrogen-bond donors (Lipinski definition) is 0. The van der Waals surface area contributed by atoms with Crippen molar-refractivity contribution in [2.75, 3.05) is 0 Å². The number of halogens is 1. The fourth-order valence-corrected chi connectivity index (χ4v) is 2.77. The van der Waals surface area contributed by atoms with Gasteiger partial charge in [-0.1, -0.05) is 24.3 Å². The van der Waals surface area contributed by atoms with Gasteiger partial charge in [-0.05, 0) is 47.5 Å². The summed E-state index contributed by atoms with van der Waals surface area (Å²) in [6.07, 6.45) is 5.64. The number of aromatic nitrogens is 2. The summed E-state index contributed by atoms with van der Waals surface area (Å²) in [5.74, 6) is -0.219. The molecule has 0 atom stereocenters. The van der Waals surface area contributed by atoms with Crippen LogP contribution in [0.15, 0.2) is 79.3 Å². The van der Waals surface area contributed by atoms with Gasteiger partial charge in [0.05, 0.1) is 17.4 Å². The molecule has 0 amide bonds. The third kappa shape index (κ3) is 2.07. The first-order valence-corrected chi connectivity index (χ1v) is 7.09. The summed E-state index contributed by atoms with van der Waals surface area (Å²) in [7, 11) is 0. The monoisotopic (exact) mass is 288 g/mol. The Balaban J connectivity index is 1.92. The summed E-state index contributed by atoms with van der Waals surface area (Å²) >= 11 is 0. The van der Waals surface area contributed by atoms with Crippen LogP contribution in [-0.4, -0.2) is 9.55 Å². The van der Waals surface area contributed by atoms with E-state index in [1.54, 1.807) is 6.20 Å². The summed E-state index contributed by atoms with van der Waals surface area (Å²) < 4.78 is 15.2. The molecule has 0 saturated carbocycles. The highest BCUT2D eigenvalue weighted by atomic mass is 19.1. The minimum atomic E-state index is -0.219. The average molecular weight is 288 g/mol. The second kappa shape index (κ2) is 5.11. The van der Waals surface area contributed by atoms with Crippen LogP contribution in [0.25, 0.3) is 27.7 Å². The third-order valence-corrected chi connectivity index (χ3v) is 3.81. The number of fused-ring (bicyclic) bond motifs is 1. The number of hydrogen-bond acceptors (Lipinski definition) is 1. The van der Waals surface area contributed by atoms with Crippen LogP contribution in [0.3, 0.4) is 0 Å². The van der Waals surface area contributed by atoms with Gasteiger partial charge in [-0.3, -0.25) is 4.98 Å². The van der Waals surface area contributed by atoms with Crippen LogP contribution in [0.4, 0.5) is 4.39 Å². The van der Waals surface area contributed by atoms with Gasteiger partial charge in [0.25, 0.3) is 0 Å². The molecule has 2 nitrogen and oxygen atoms in total. The predicted octanol–water partition coefficient (Wildman–Crippen LogP) is 4.83. The van der Waals surface area contributed by atoms with Gasteiger partial charge < -0.3 is 4.57 Å². The number of pyridine rings is 1. The normalized spacial score (nSPS) is 11.0. The first-order valence-electron chi connectivity index (χ1n) is 7.09. The topological polar surface area (TPSA) is 17.8 Å². The van der Waals surface area contributed by atoms with Crippen LogP contribution in [-0.2, 0) is 0 Å². The predicted molar refractivity (Wildman–Crippen MR) is 86.5 cm³/mol. The van der Waals surface area contributed by atoms with Crippen molar-refractivity contribution in [3.05, 3.63) is 85.1 Å². The van der Waals surface area contributed by atoms with Gasteiger partial charge in [-0.25, -0.2) is 4.39 Å². The smallest absolute Gasteiger partial charge is 0.123 e. The zero-order valence-corrected chi connectivity index (χ0v) is 11.8. The Hall–Kier alpha value is -2.94. The van der Waals surface area contributed by atoms with E-state index in [0.717, 1.165) is 27.7 Å². The Kier molecular flexibility index (Phi) is 2.97. The molecule has 0 aliphatic heterocycles. The molecule has 0 saturated heterocycles. The second-order valence-electron chi connectivity index (χ2n) is 5.14. The molecule has 2 heterocycles. The molecule has 0 unspecified atom stereocenters. The Morgan fingerprint density at radius 3 is 2.50 bits per heavy atom. The van der Waals surface area contributed by atoms with Crippen LogP contribution in [0, 0.1) is 5.82 Å². The van der Waals surface area contributed by atoms with Gasteiger partial charge in [0, 0.05) is 17.8 Å². The average Bonchev–Trinajstić information content (AvgIpc) is 3.00. The van der Waals surface area contributed by atoms with Gasteiger partial charge in [0.1, 0.15) is 5.82 Å². The van der Waals surface area contributed by atoms with Gasteiger partial charge in [0.15, 0.2) is 0 Å². The second-order valence-corrected chi connectivity index (χ2v) is 5.14. The van der Waals surface area contributed by atoms with Crippen LogP contribution in [0.5, 0.6) is 0 Å². The van der Waals surface area contributed by atoms with Gasteiger partial charge >= 0.3 is 0 Å². The Morgan fingerprint density at radius 1 is 0.864 bits per heavy atom. The molecule has 22 heavy (non-hydrogen) atoms. The molecular formula is C19H13FN2. The van der Waals surface area contributed by atoms with Crippen molar-refractivity contribution < 1.29 is 4.39 Å². The highest BCUT2D eigenvalue weighted by molar-refractivity contribution is 5.96. The molecule has 0 N–H and O–H groups in total. The lowest BCUT2D eigenvalue weighted by Gasteiger charge is -2.07. The zero-order chi connectivity index (χ0) is 14.9. The molecule has 0 fully saturated rings. The summed E-state index contributed by atoms with van der Waals surface area (Å²) in [4.78, 5) is 4.18. The number of nitrogens with zero attached hydrogens (tertiary/aromatic N) is 2. The molecule has 0 spiro atoms. The summed E-state index contributed by atoms with van der Waals surface area (Å²) in [5, 5.41) is 1.14. The fraction of sp³-hybridized carbons (Fsp3) is 0. The first kappa shape index (κ1) is 12.8. The van der Waals surface area contributed by atoms with Gasteiger partial charge in [0.2, 0.25) is 0 Å². The number of benzene rings is 2. The lowest BCUT2D eigenvalue weighted by molar-refractivity contribution is 0.628. The van der Waals surface area contributed by atoms with Gasteiger partial charge in [-0.2, -0.15) is 0 Å². The molecule has 106 valence electrons. The maximum Gasteiger partial charge on any atom is 0.123 e. The van der Waals surface area contributed by atoms with E-state index in [4.69, 9.17) is 0 Å². The molecular weight excluding hydrogens is 275 g/mol. The molecule has 0 aliphatic rings. The molecule has 0 bridgehead atoms. The van der Waals surface area contributed by atoms with E-state index in [1.807, 2.05) is 42.7 Å². The molecule has 2 aromatic heterocycles. The maximum absolute atomic E-state index is 13.1. The summed E-state index contributed by atoms with van der Waals surface area (Å²) in [5.41, 5.74) is 4.24. The molecule has 4 aromatic rings. The highest BCUT2D eigenvalue weighted by Crippen LogP contribution is 2.30. The Labute approximate surface area is 127 Å². The summed E-state index contributed by atoms with van der Waals surface area (Å²) in [6, 6.07) is 18.8. The molecule has 0 aliphatic carbocycles. The maximum atomic E-state index is 13.1. The van der Waals surface area contributed by atoms with Crippen molar-refractivity contribution in [1.29, 1.82) is 0 Å². The van der Waals surface area contributed by atoms with Crippen LogP contribution >= 0.6 is 0 Å². The van der Waals surface area contributed by atoms with E-state index >= 15 is 0 Å². The van der Waals surface area contributed by atoms with Crippen molar-refractivity contribution >= 4 is 10.9 Å². The quantitative estimate of drug-likeness (QED) is 0.516. The van der Waals surface area contributed by atoms with E-state index in [-0.39, 0.29) is 5.82 Å². The van der Waals surface area contributed by atoms with Crippen molar-refractivity contribution in [3.8, 4) is 16.8 Å². The largest absolute Gasteiger partial charge is 0.315 e. The molecule has 0 radical (unpaired) electrons. The van der Waals surface area contributed by atoms with Crippen LogP contribution in [0.2, 0.25) is 0 Å². The minimum absolute atomic E-state index is 0.219. The fourth-order valence-electron chi connectivity index (χ4n) is 2.77. The lowest BCUT2D eigenvalue weighted by Crippen LogP contribution is -1.92. The van der Waals surface area contributed by atoms with E-state index in [0.29, 0.717) is 0 Å².